The molecule has 1 heterocycles. The molecule has 0 spiro atoms. The largest absolute Gasteiger partial charge is 0.496 e. The first-order valence-electron chi connectivity index (χ1n) is 4.10. The summed E-state index contributed by atoms with van der Waals surface area (Å²) < 4.78 is 6.47. The van der Waals surface area contributed by atoms with Crippen LogP contribution >= 0.6 is 39.9 Å². The number of hydrogen-bond donors (Lipinski definition) is 1. The monoisotopic (exact) mass is 288 g/mol. The van der Waals surface area contributed by atoms with Gasteiger partial charge >= 0.3 is 0 Å². The number of fused-ring (bicyclic) bond motifs is 1. The molecule has 1 aromatic carbocycles. The third kappa shape index (κ3) is 1.78. The summed E-state index contributed by atoms with van der Waals surface area (Å²) in [7, 11) is 1.67. The van der Waals surface area contributed by atoms with Crippen LogP contribution in [0.3, 0.4) is 0 Å². The van der Waals surface area contributed by atoms with E-state index in [1.54, 1.807) is 18.4 Å². The molecule has 4 heteroatoms. The van der Waals surface area contributed by atoms with E-state index < -0.39 is 0 Å². The number of hydrogen-bond acceptors (Lipinski definition) is 3. The third-order valence-electron chi connectivity index (χ3n) is 2.00. The van der Waals surface area contributed by atoms with Gasteiger partial charge in [0.15, 0.2) is 0 Å². The number of thiol groups is 1. The van der Waals surface area contributed by atoms with E-state index >= 15 is 0 Å². The van der Waals surface area contributed by atoms with Crippen LogP contribution in [0, 0.1) is 0 Å². The maximum absolute atomic E-state index is 5.21. The summed E-state index contributed by atoms with van der Waals surface area (Å²) in [6.45, 7) is 0. The lowest BCUT2D eigenvalue weighted by atomic mass is 10.2. The third-order valence-corrected chi connectivity index (χ3v) is 4.42. The Kier molecular flexibility index (Phi) is 3.04. The molecule has 1 aromatic heterocycles. The zero-order chi connectivity index (χ0) is 10.1. The SMILES string of the molecule is COc1cc2cc(CBr)sc2cc1S. The van der Waals surface area contributed by atoms with E-state index in [2.05, 4.69) is 34.6 Å². The molecule has 2 rings (SSSR count). The summed E-state index contributed by atoms with van der Waals surface area (Å²) in [5, 5.41) is 2.12. The summed E-state index contributed by atoms with van der Waals surface area (Å²) in [5.41, 5.74) is 0. The minimum Gasteiger partial charge on any atom is -0.496 e. The van der Waals surface area contributed by atoms with E-state index in [0.717, 1.165) is 16.0 Å². The molecule has 0 amide bonds. The van der Waals surface area contributed by atoms with Gasteiger partial charge in [-0.05, 0) is 23.6 Å². The van der Waals surface area contributed by atoms with Crippen molar-refractivity contribution in [3.63, 3.8) is 0 Å². The Bertz CT molecular complexity index is 464. The number of thiophene rings is 1. The molecule has 0 aliphatic rings. The number of rotatable bonds is 2. The second kappa shape index (κ2) is 4.13. The summed E-state index contributed by atoms with van der Waals surface area (Å²) in [4.78, 5) is 2.21. The lowest BCUT2D eigenvalue weighted by molar-refractivity contribution is 0.406. The Balaban J connectivity index is 2.64. The van der Waals surface area contributed by atoms with Gasteiger partial charge < -0.3 is 4.74 Å². The van der Waals surface area contributed by atoms with E-state index in [0.29, 0.717) is 0 Å². The summed E-state index contributed by atoms with van der Waals surface area (Å²) in [5.74, 6) is 0.833. The number of alkyl halides is 1. The van der Waals surface area contributed by atoms with Gasteiger partial charge in [-0.15, -0.1) is 24.0 Å². The van der Waals surface area contributed by atoms with Crippen LogP contribution in [-0.4, -0.2) is 7.11 Å². The second-order valence-corrected chi connectivity index (χ2v) is 5.12. The Morgan fingerprint density at radius 1 is 1.43 bits per heavy atom. The molecule has 0 saturated carbocycles. The molecule has 14 heavy (non-hydrogen) atoms. The first-order chi connectivity index (χ1) is 6.74. The van der Waals surface area contributed by atoms with Crippen molar-refractivity contribution < 1.29 is 4.74 Å². The molecule has 0 aliphatic carbocycles. The zero-order valence-corrected chi connectivity index (χ0v) is 10.9. The predicted molar refractivity (Wildman–Crippen MR) is 68.3 cm³/mol. The number of halogens is 1. The van der Waals surface area contributed by atoms with Crippen LogP contribution < -0.4 is 4.74 Å². The van der Waals surface area contributed by atoms with Crippen molar-refractivity contribution >= 4 is 50.0 Å². The molecule has 0 fully saturated rings. The molecule has 0 atom stereocenters. The predicted octanol–water partition coefficient (Wildman–Crippen LogP) is 4.09. The Morgan fingerprint density at radius 2 is 2.21 bits per heavy atom. The van der Waals surface area contributed by atoms with E-state index in [4.69, 9.17) is 4.74 Å². The van der Waals surface area contributed by atoms with Crippen molar-refractivity contribution in [3.05, 3.63) is 23.1 Å². The minimum atomic E-state index is 0.833. The van der Waals surface area contributed by atoms with Crippen LogP contribution in [0.4, 0.5) is 0 Å². The molecule has 1 nitrogen and oxygen atoms in total. The van der Waals surface area contributed by atoms with Gasteiger partial charge in [0.05, 0.1) is 7.11 Å². The van der Waals surface area contributed by atoms with Gasteiger partial charge in [-0.2, -0.15) is 0 Å². The molecule has 0 bridgehead atoms. The van der Waals surface area contributed by atoms with Crippen molar-refractivity contribution in [2.24, 2.45) is 0 Å². The van der Waals surface area contributed by atoms with Crippen LogP contribution in [0.15, 0.2) is 23.1 Å². The maximum atomic E-state index is 5.21. The fourth-order valence-electron chi connectivity index (χ4n) is 1.34. The highest BCUT2D eigenvalue weighted by atomic mass is 79.9. The lowest BCUT2D eigenvalue weighted by Gasteiger charge is -2.02. The first-order valence-corrected chi connectivity index (χ1v) is 6.48. The summed E-state index contributed by atoms with van der Waals surface area (Å²) in [6.07, 6.45) is 0. The normalized spacial score (nSPS) is 10.8. The van der Waals surface area contributed by atoms with E-state index in [1.165, 1.54) is 15.0 Å². The average molecular weight is 289 g/mol. The molecule has 0 unspecified atom stereocenters. The summed E-state index contributed by atoms with van der Waals surface area (Å²) >= 11 is 9.59. The van der Waals surface area contributed by atoms with Crippen molar-refractivity contribution in [2.75, 3.05) is 7.11 Å². The van der Waals surface area contributed by atoms with E-state index in [9.17, 15) is 0 Å². The van der Waals surface area contributed by atoms with Gasteiger partial charge in [-0.1, -0.05) is 15.9 Å². The smallest absolute Gasteiger partial charge is 0.132 e. The fraction of sp³-hybridized carbons (Fsp3) is 0.200. The van der Waals surface area contributed by atoms with Crippen molar-refractivity contribution in [1.82, 2.24) is 0 Å². The molecular formula is C10H9BrOS2. The van der Waals surface area contributed by atoms with Crippen molar-refractivity contribution in [2.45, 2.75) is 10.2 Å². The highest BCUT2D eigenvalue weighted by molar-refractivity contribution is 9.08. The van der Waals surface area contributed by atoms with Crippen LogP contribution in [0.5, 0.6) is 5.75 Å². The van der Waals surface area contributed by atoms with Gasteiger partial charge in [-0.25, -0.2) is 0 Å². The molecular weight excluding hydrogens is 280 g/mol. The minimum absolute atomic E-state index is 0.833. The summed E-state index contributed by atoms with van der Waals surface area (Å²) in [6, 6.07) is 6.25. The van der Waals surface area contributed by atoms with Gasteiger partial charge in [0.1, 0.15) is 5.75 Å². The Labute approximate surface area is 101 Å². The van der Waals surface area contributed by atoms with Crippen molar-refractivity contribution in [3.8, 4) is 5.75 Å². The quantitative estimate of drug-likeness (QED) is 0.647. The van der Waals surface area contributed by atoms with Crippen molar-refractivity contribution in [1.29, 1.82) is 0 Å². The second-order valence-electron chi connectivity index (χ2n) is 2.91. The molecule has 0 N–H and O–H groups in total. The zero-order valence-electron chi connectivity index (χ0n) is 7.58. The van der Waals surface area contributed by atoms with Gasteiger partial charge in [0.2, 0.25) is 0 Å². The maximum Gasteiger partial charge on any atom is 0.132 e. The fourth-order valence-corrected chi connectivity index (χ4v) is 3.15. The van der Waals surface area contributed by atoms with Crippen LogP contribution in [0.25, 0.3) is 10.1 Å². The van der Waals surface area contributed by atoms with Crippen LogP contribution in [0.2, 0.25) is 0 Å². The lowest BCUT2D eigenvalue weighted by Crippen LogP contribution is -1.83. The highest BCUT2D eigenvalue weighted by Crippen LogP contribution is 2.34. The average Bonchev–Trinajstić information content (AvgIpc) is 2.58. The van der Waals surface area contributed by atoms with E-state index in [-0.39, 0.29) is 0 Å². The van der Waals surface area contributed by atoms with Crippen LogP contribution in [-0.2, 0) is 5.33 Å². The molecule has 0 saturated heterocycles. The number of ether oxygens (including phenoxy) is 1. The highest BCUT2D eigenvalue weighted by Gasteiger charge is 2.05. The van der Waals surface area contributed by atoms with E-state index in [1.807, 2.05) is 12.1 Å². The molecule has 2 aromatic rings. The number of benzene rings is 1. The van der Waals surface area contributed by atoms with Crippen LogP contribution in [0.1, 0.15) is 4.88 Å². The van der Waals surface area contributed by atoms with Gasteiger partial charge in [0.25, 0.3) is 0 Å². The topological polar surface area (TPSA) is 9.23 Å². The standard InChI is InChI=1S/C10H9BrOS2/c1-12-8-3-6-2-7(5-11)14-10(6)4-9(8)13/h2-4,13H,5H2,1H3. The molecule has 0 radical (unpaired) electrons. The molecule has 0 aliphatic heterocycles. The first kappa shape index (κ1) is 10.3. The molecule has 74 valence electrons. The Morgan fingerprint density at radius 3 is 2.86 bits per heavy atom. The number of methoxy groups -OCH3 is 1. The van der Waals surface area contributed by atoms with Gasteiger partial charge in [0, 0.05) is 19.8 Å². The Hall–Kier alpha value is -0.190. The van der Waals surface area contributed by atoms with Gasteiger partial charge in [-0.3, -0.25) is 0 Å².